The summed E-state index contributed by atoms with van der Waals surface area (Å²) < 4.78 is 37.9. The lowest BCUT2D eigenvalue weighted by Crippen LogP contribution is -2.51. The van der Waals surface area contributed by atoms with Gasteiger partial charge in [-0.25, -0.2) is 28.1 Å². The van der Waals surface area contributed by atoms with Crippen molar-refractivity contribution in [2.75, 3.05) is 25.5 Å². The van der Waals surface area contributed by atoms with Crippen LogP contribution in [0.25, 0.3) is 10.8 Å². The second-order valence-electron chi connectivity index (χ2n) is 9.36. The van der Waals surface area contributed by atoms with Gasteiger partial charge in [-0.15, -0.1) is 0 Å². The Labute approximate surface area is 250 Å². The van der Waals surface area contributed by atoms with Gasteiger partial charge in [0.05, 0.1) is 11.1 Å². The van der Waals surface area contributed by atoms with E-state index in [-0.39, 0.29) is 37.1 Å². The van der Waals surface area contributed by atoms with Gasteiger partial charge in [0.1, 0.15) is 30.7 Å². The van der Waals surface area contributed by atoms with E-state index in [1.165, 1.54) is 48.5 Å². The number of fused-ring (bicyclic) bond motifs is 1. The molecule has 3 N–H and O–H groups in total. The van der Waals surface area contributed by atoms with Crippen molar-refractivity contribution in [1.82, 2.24) is 20.5 Å². The van der Waals surface area contributed by atoms with Crippen LogP contribution in [0.5, 0.6) is 0 Å². The van der Waals surface area contributed by atoms with E-state index in [0.29, 0.717) is 16.3 Å². The number of halogens is 3. The van der Waals surface area contributed by atoms with E-state index in [1.807, 2.05) is 18.2 Å². The molecule has 1 atom stereocenters. The number of aromatic nitrogens is 1. The number of nitrogens with zero attached hydrogens (tertiary/aromatic N) is 2. The number of anilines is 1. The van der Waals surface area contributed by atoms with Gasteiger partial charge in [-0.1, -0.05) is 54.1 Å². The molecule has 3 aromatic carbocycles. The predicted octanol–water partition coefficient (Wildman–Crippen LogP) is 5.85. The Kier molecular flexibility index (Phi) is 10.6. The van der Waals surface area contributed by atoms with Crippen LogP contribution in [0.1, 0.15) is 11.1 Å². The number of ether oxygens (including phenoxy) is 2. The zero-order chi connectivity index (χ0) is 30.8. The zero-order valence-electron chi connectivity index (χ0n) is 23.0. The van der Waals surface area contributed by atoms with Crippen LogP contribution in [-0.4, -0.2) is 54.3 Å². The first-order valence-electron chi connectivity index (χ1n) is 13.1. The first-order chi connectivity index (χ1) is 20.7. The van der Waals surface area contributed by atoms with Gasteiger partial charge in [0.25, 0.3) is 0 Å². The predicted molar refractivity (Wildman–Crippen MR) is 156 cm³/mol. The highest BCUT2D eigenvalue weighted by atomic mass is 35.5. The molecular formula is C30H28ClF2N5O5. The molecule has 0 radical (unpaired) electrons. The molecule has 1 unspecified atom stereocenters. The van der Waals surface area contributed by atoms with Crippen molar-refractivity contribution in [3.63, 3.8) is 0 Å². The Bertz CT molecular complexity index is 1590. The minimum Gasteiger partial charge on any atom is -0.447 e. The Balaban J connectivity index is 1.37. The summed E-state index contributed by atoms with van der Waals surface area (Å²) >= 11 is 5.98. The van der Waals surface area contributed by atoms with Gasteiger partial charge in [-0.05, 0) is 46.8 Å². The van der Waals surface area contributed by atoms with E-state index in [9.17, 15) is 23.2 Å². The third kappa shape index (κ3) is 9.01. The summed E-state index contributed by atoms with van der Waals surface area (Å²) in [6.45, 7) is -0.519. The Morgan fingerprint density at radius 2 is 1.72 bits per heavy atom. The summed E-state index contributed by atoms with van der Waals surface area (Å²) in [5.74, 6) is -0.936. The standard InChI is InChI=1S/C30H28ClF2N5O5/c1-38(28(39)35-15-21-8-5-9-25(33)27(21)31)24(16-36-29(40)42-17-19-6-3-2-4-7-19)18-43-30(41)37-26-13-22-12-23(32)11-10-20(22)14-34-26/h2-14,24H,15-18H2,1H3,(H,35,39)(H,36,40)(H,34,37,41). The number of urea groups is 1. The number of likely N-dealkylation sites (N-methyl/N-ethyl adjacent to an activating group) is 1. The Morgan fingerprint density at radius 1 is 0.930 bits per heavy atom. The smallest absolute Gasteiger partial charge is 0.412 e. The number of amides is 4. The quantitative estimate of drug-likeness (QED) is 0.207. The molecule has 10 nitrogen and oxygen atoms in total. The highest BCUT2D eigenvalue weighted by Gasteiger charge is 2.23. The number of hydrogen-bond donors (Lipinski definition) is 3. The highest BCUT2D eigenvalue weighted by Crippen LogP contribution is 2.20. The molecular weight excluding hydrogens is 584 g/mol. The van der Waals surface area contributed by atoms with Crippen molar-refractivity contribution in [2.45, 2.75) is 19.2 Å². The average Bonchev–Trinajstić information content (AvgIpc) is 3.00. The van der Waals surface area contributed by atoms with Crippen LogP contribution in [0.15, 0.2) is 79.0 Å². The number of carbonyl (C=O) groups is 3. The lowest BCUT2D eigenvalue weighted by atomic mass is 10.2. The van der Waals surface area contributed by atoms with E-state index in [4.69, 9.17) is 21.1 Å². The highest BCUT2D eigenvalue weighted by molar-refractivity contribution is 6.31. The molecule has 0 aliphatic rings. The number of benzene rings is 3. The minimum atomic E-state index is -0.889. The number of alkyl carbamates (subject to hydrolysis) is 1. The van der Waals surface area contributed by atoms with Crippen LogP contribution >= 0.6 is 11.6 Å². The van der Waals surface area contributed by atoms with Gasteiger partial charge in [-0.2, -0.15) is 0 Å². The van der Waals surface area contributed by atoms with Gasteiger partial charge in [0.15, 0.2) is 0 Å². The monoisotopic (exact) mass is 611 g/mol. The first kappa shape index (κ1) is 31.0. The fraction of sp³-hybridized carbons (Fsp3) is 0.200. The van der Waals surface area contributed by atoms with Crippen LogP contribution in [0, 0.1) is 11.6 Å². The first-order valence-corrected chi connectivity index (χ1v) is 13.4. The largest absolute Gasteiger partial charge is 0.447 e. The van der Waals surface area contributed by atoms with Gasteiger partial charge >= 0.3 is 18.2 Å². The molecule has 0 fully saturated rings. The number of carbonyl (C=O) groups excluding carboxylic acids is 3. The molecule has 43 heavy (non-hydrogen) atoms. The molecule has 1 heterocycles. The van der Waals surface area contributed by atoms with Crippen LogP contribution in [-0.2, 0) is 22.6 Å². The van der Waals surface area contributed by atoms with Crippen LogP contribution in [0.3, 0.4) is 0 Å². The molecule has 0 spiro atoms. The molecule has 4 aromatic rings. The van der Waals surface area contributed by atoms with Crippen molar-refractivity contribution in [3.8, 4) is 0 Å². The molecule has 224 valence electrons. The molecule has 13 heteroatoms. The summed E-state index contributed by atoms with van der Waals surface area (Å²) in [4.78, 5) is 43.2. The van der Waals surface area contributed by atoms with Gasteiger partial charge in [0, 0.05) is 31.7 Å². The molecule has 1 aromatic heterocycles. The Morgan fingerprint density at radius 3 is 2.51 bits per heavy atom. The third-order valence-electron chi connectivity index (χ3n) is 6.35. The van der Waals surface area contributed by atoms with E-state index in [1.54, 1.807) is 24.3 Å². The van der Waals surface area contributed by atoms with E-state index < -0.39 is 35.9 Å². The molecule has 0 saturated carbocycles. The maximum absolute atomic E-state index is 13.8. The SMILES string of the molecule is CN(C(=O)NCc1cccc(F)c1Cl)C(CNC(=O)OCc1ccccc1)COC(=O)Nc1cc2cc(F)ccc2cn1. The fourth-order valence-corrected chi connectivity index (χ4v) is 4.11. The van der Waals surface area contributed by atoms with Gasteiger partial charge in [0.2, 0.25) is 0 Å². The van der Waals surface area contributed by atoms with Crippen LogP contribution < -0.4 is 16.0 Å². The normalized spacial score (nSPS) is 11.3. The number of rotatable bonds is 10. The van der Waals surface area contributed by atoms with Crippen LogP contribution in [0.2, 0.25) is 5.02 Å². The molecule has 0 saturated heterocycles. The van der Waals surface area contributed by atoms with E-state index >= 15 is 0 Å². The minimum absolute atomic E-state index is 0.0314. The molecule has 0 aliphatic heterocycles. The summed E-state index contributed by atoms with van der Waals surface area (Å²) in [5, 5.41) is 8.74. The zero-order valence-corrected chi connectivity index (χ0v) is 23.7. The summed E-state index contributed by atoms with van der Waals surface area (Å²) in [6.07, 6.45) is -0.160. The second kappa shape index (κ2) is 14.8. The maximum Gasteiger partial charge on any atom is 0.412 e. The lowest BCUT2D eigenvalue weighted by molar-refractivity contribution is 0.110. The van der Waals surface area contributed by atoms with E-state index in [2.05, 4.69) is 20.9 Å². The van der Waals surface area contributed by atoms with Gasteiger partial charge < -0.3 is 25.0 Å². The summed E-state index contributed by atoms with van der Waals surface area (Å²) in [5.41, 5.74) is 1.15. The second-order valence-corrected chi connectivity index (χ2v) is 9.74. The molecule has 0 aliphatic carbocycles. The van der Waals surface area contributed by atoms with Crippen molar-refractivity contribution in [3.05, 3.63) is 107 Å². The maximum atomic E-state index is 13.8. The number of hydrogen-bond acceptors (Lipinski definition) is 6. The summed E-state index contributed by atoms with van der Waals surface area (Å²) in [7, 11) is 1.44. The molecule has 4 amide bonds. The molecule has 4 rings (SSSR count). The Hall–Kier alpha value is -4.97. The van der Waals surface area contributed by atoms with Crippen molar-refractivity contribution in [2.24, 2.45) is 0 Å². The number of nitrogens with one attached hydrogen (secondary N) is 3. The van der Waals surface area contributed by atoms with Gasteiger partial charge in [-0.3, -0.25) is 5.32 Å². The third-order valence-corrected chi connectivity index (χ3v) is 6.77. The van der Waals surface area contributed by atoms with Crippen molar-refractivity contribution in [1.29, 1.82) is 0 Å². The topological polar surface area (TPSA) is 122 Å². The van der Waals surface area contributed by atoms with Crippen molar-refractivity contribution < 1.29 is 32.6 Å². The van der Waals surface area contributed by atoms with Crippen molar-refractivity contribution >= 4 is 46.4 Å². The summed E-state index contributed by atoms with van der Waals surface area (Å²) in [6, 6.07) is 17.5. The lowest BCUT2D eigenvalue weighted by Gasteiger charge is -2.28. The average molecular weight is 612 g/mol. The molecule has 0 bridgehead atoms. The van der Waals surface area contributed by atoms with Crippen LogP contribution in [0.4, 0.5) is 29.0 Å². The fourth-order valence-electron chi connectivity index (χ4n) is 3.92. The van der Waals surface area contributed by atoms with E-state index in [0.717, 1.165) is 5.56 Å². The number of pyridine rings is 1.